The third-order valence-electron chi connectivity index (χ3n) is 5.42. The summed E-state index contributed by atoms with van der Waals surface area (Å²) in [5, 5.41) is 7.14. The van der Waals surface area contributed by atoms with E-state index in [1.807, 2.05) is 6.07 Å². The molecule has 9 heteroatoms. The zero-order valence-electron chi connectivity index (χ0n) is 19.1. The molecule has 33 heavy (non-hydrogen) atoms. The molecule has 3 aromatic rings. The van der Waals surface area contributed by atoms with Crippen LogP contribution in [0.2, 0.25) is 0 Å². The molecular weight excluding hydrogens is 440 g/mol. The van der Waals surface area contributed by atoms with Crippen LogP contribution in [-0.2, 0) is 14.8 Å². The lowest BCUT2D eigenvalue weighted by molar-refractivity contribution is -0.119. The smallest absolute Gasteiger partial charge is 0.267 e. The molecule has 0 fully saturated rings. The van der Waals surface area contributed by atoms with Crippen molar-refractivity contribution in [3.05, 3.63) is 76.6 Å². The van der Waals surface area contributed by atoms with Gasteiger partial charge in [0, 0.05) is 30.4 Å². The first kappa shape index (κ1) is 24.3. The highest BCUT2D eigenvalue weighted by Crippen LogP contribution is 2.26. The molecule has 0 unspecified atom stereocenters. The van der Waals surface area contributed by atoms with E-state index in [9.17, 15) is 18.0 Å². The van der Waals surface area contributed by atoms with Gasteiger partial charge in [0.25, 0.3) is 5.56 Å². The Bertz CT molecular complexity index is 1300. The van der Waals surface area contributed by atoms with Crippen LogP contribution in [0.4, 0.5) is 5.69 Å². The largest absolute Gasteiger partial charge is 0.324 e. The monoisotopic (exact) mass is 468 g/mol. The fraction of sp³-hybridized carbons (Fsp3) is 0.292. The number of anilines is 1. The van der Waals surface area contributed by atoms with E-state index in [0.717, 1.165) is 4.68 Å². The number of rotatable bonds is 8. The van der Waals surface area contributed by atoms with Gasteiger partial charge in [-0.2, -0.15) is 9.40 Å². The van der Waals surface area contributed by atoms with Crippen molar-refractivity contribution in [1.82, 2.24) is 14.1 Å². The Hall–Kier alpha value is -3.30. The van der Waals surface area contributed by atoms with E-state index in [2.05, 4.69) is 10.4 Å². The van der Waals surface area contributed by atoms with Gasteiger partial charge < -0.3 is 5.32 Å². The second-order valence-corrected chi connectivity index (χ2v) is 9.51. The lowest BCUT2D eigenvalue weighted by Crippen LogP contribution is -2.33. The van der Waals surface area contributed by atoms with Gasteiger partial charge in [0.05, 0.1) is 10.6 Å². The minimum Gasteiger partial charge on any atom is -0.324 e. The van der Waals surface area contributed by atoms with Gasteiger partial charge in [0.15, 0.2) is 0 Å². The first-order chi connectivity index (χ1) is 15.7. The molecule has 0 radical (unpaired) electrons. The van der Waals surface area contributed by atoms with Crippen LogP contribution >= 0.6 is 0 Å². The third kappa shape index (κ3) is 5.20. The van der Waals surface area contributed by atoms with Gasteiger partial charge >= 0.3 is 0 Å². The second-order valence-electron chi connectivity index (χ2n) is 7.60. The molecule has 0 aliphatic heterocycles. The van der Waals surface area contributed by atoms with E-state index in [1.54, 1.807) is 70.2 Å². The van der Waals surface area contributed by atoms with Gasteiger partial charge in [-0.1, -0.05) is 44.2 Å². The van der Waals surface area contributed by atoms with Crippen LogP contribution in [0, 0.1) is 6.92 Å². The Morgan fingerprint density at radius 3 is 2.36 bits per heavy atom. The number of hydrogen-bond donors (Lipinski definition) is 1. The summed E-state index contributed by atoms with van der Waals surface area (Å²) in [5.41, 5.74) is 1.73. The van der Waals surface area contributed by atoms with Gasteiger partial charge in [-0.05, 0) is 43.7 Å². The molecule has 1 atom stereocenters. The molecule has 1 aromatic heterocycles. The fourth-order valence-electron chi connectivity index (χ4n) is 3.48. The maximum absolute atomic E-state index is 13.1. The van der Waals surface area contributed by atoms with Crippen molar-refractivity contribution in [2.45, 2.75) is 38.6 Å². The summed E-state index contributed by atoms with van der Waals surface area (Å²) in [6, 6.07) is 16.0. The van der Waals surface area contributed by atoms with E-state index in [-0.39, 0.29) is 10.8 Å². The number of amides is 1. The van der Waals surface area contributed by atoms with Crippen LogP contribution < -0.4 is 10.9 Å². The van der Waals surface area contributed by atoms with E-state index in [0.29, 0.717) is 35.6 Å². The topological polar surface area (TPSA) is 101 Å². The number of nitrogens with one attached hydrogen (secondary N) is 1. The molecule has 1 heterocycles. The first-order valence-electron chi connectivity index (χ1n) is 10.8. The minimum absolute atomic E-state index is 0.193. The van der Waals surface area contributed by atoms with Crippen molar-refractivity contribution in [3.63, 3.8) is 0 Å². The highest BCUT2D eigenvalue weighted by atomic mass is 32.2. The first-order valence-corrected chi connectivity index (χ1v) is 12.2. The lowest BCUT2D eigenvalue weighted by atomic mass is 10.1. The van der Waals surface area contributed by atoms with E-state index in [4.69, 9.17) is 0 Å². The standard InChI is InChI=1S/C24H28N4O4S/c1-5-27(6-2)33(31,32)22-16-19(13-12-17(22)3)21-14-15-23(29)28(26-21)18(4)24(30)25-20-10-8-7-9-11-20/h7-16,18H,5-6H2,1-4H3,(H,25,30)/t18-/m1/s1. The molecular formula is C24H28N4O4S. The summed E-state index contributed by atoms with van der Waals surface area (Å²) >= 11 is 0. The van der Waals surface area contributed by atoms with Crippen LogP contribution in [-0.4, -0.2) is 41.5 Å². The number of carbonyl (C=O) groups excluding carboxylic acids is 1. The minimum atomic E-state index is -3.67. The maximum atomic E-state index is 13.1. The average molecular weight is 469 g/mol. The zero-order chi connectivity index (χ0) is 24.2. The van der Waals surface area contributed by atoms with Crippen molar-refractivity contribution in [2.24, 2.45) is 0 Å². The normalized spacial score (nSPS) is 12.5. The predicted molar refractivity (Wildman–Crippen MR) is 129 cm³/mol. The molecule has 1 amide bonds. The summed E-state index contributed by atoms with van der Waals surface area (Å²) in [7, 11) is -3.67. The quantitative estimate of drug-likeness (QED) is 0.546. The van der Waals surface area contributed by atoms with Crippen molar-refractivity contribution in [2.75, 3.05) is 18.4 Å². The average Bonchev–Trinajstić information content (AvgIpc) is 2.80. The fourth-order valence-corrected chi connectivity index (χ4v) is 5.18. The SMILES string of the molecule is CCN(CC)S(=O)(=O)c1cc(-c2ccc(=O)n([C@H](C)C(=O)Nc3ccccc3)n2)ccc1C. The molecule has 2 aromatic carbocycles. The van der Waals surface area contributed by atoms with E-state index in [1.165, 1.54) is 16.4 Å². The maximum Gasteiger partial charge on any atom is 0.267 e. The van der Waals surface area contributed by atoms with Crippen molar-refractivity contribution >= 4 is 21.6 Å². The van der Waals surface area contributed by atoms with Crippen LogP contribution in [0.5, 0.6) is 0 Å². The van der Waals surface area contributed by atoms with Crippen LogP contribution in [0.15, 0.2) is 70.4 Å². The summed E-state index contributed by atoms with van der Waals surface area (Å²) in [4.78, 5) is 25.3. The number of carbonyl (C=O) groups is 1. The molecule has 0 saturated heterocycles. The van der Waals surface area contributed by atoms with E-state index >= 15 is 0 Å². The Balaban J connectivity index is 1.98. The second kappa shape index (κ2) is 10.1. The molecule has 0 saturated carbocycles. The number of aromatic nitrogens is 2. The summed E-state index contributed by atoms with van der Waals surface area (Å²) in [6.07, 6.45) is 0. The number of sulfonamides is 1. The molecule has 8 nitrogen and oxygen atoms in total. The molecule has 0 aliphatic carbocycles. The Morgan fingerprint density at radius 1 is 1.06 bits per heavy atom. The Morgan fingerprint density at radius 2 is 1.73 bits per heavy atom. The van der Waals surface area contributed by atoms with E-state index < -0.39 is 21.6 Å². The predicted octanol–water partition coefficient (Wildman–Crippen LogP) is 3.45. The van der Waals surface area contributed by atoms with Crippen molar-refractivity contribution in [1.29, 1.82) is 0 Å². The van der Waals surface area contributed by atoms with Crippen LogP contribution in [0.3, 0.4) is 0 Å². The lowest BCUT2D eigenvalue weighted by Gasteiger charge is -2.20. The number of hydrogen-bond acceptors (Lipinski definition) is 5. The highest BCUT2D eigenvalue weighted by Gasteiger charge is 2.24. The third-order valence-corrected chi connectivity index (χ3v) is 7.61. The number of aryl methyl sites for hydroxylation is 1. The zero-order valence-corrected chi connectivity index (χ0v) is 20.0. The summed E-state index contributed by atoms with van der Waals surface area (Å²) in [5.74, 6) is -0.387. The molecule has 0 bridgehead atoms. The summed E-state index contributed by atoms with van der Waals surface area (Å²) in [6.45, 7) is 7.63. The Labute approximate surface area is 193 Å². The van der Waals surface area contributed by atoms with Gasteiger partial charge in [0.1, 0.15) is 6.04 Å². The van der Waals surface area contributed by atoms with Crippen molar-refractivity contribution in [3.8, 4) is 11.3 Å². The molecule has 0 aliphatic rings. The number of para-hydroxylation sites is 1. The number of nitrogens with zero attached hydrogens (tertiary/aromatic N) is 3. The highest BCUT2D eigenvalue weighted by molar-refractivity contribution is 7.89. The van der Waals surface area contributed by atoms with Gasteiger partial charge in [-0.15, -0.1) is 0 Å². The molecule has 174 valence electrons. The van der Waals surface area contributed by atoms with Crippen LogP contribution in [0.1, 0.15) is 32.4 Å². The number of benzene rings is 2. The molecule has 3 rings (SSSR count). The van der Waals surface area contributed by atoms with Gasteiger partial charge in [-0.25, -0.2) is 13.1 Å². The molecule has 1 N–H and O–H groups in total. The van der Waals surface area contributed by atoms with Gasteiger partial charge in [-0.3, -0.25) is 9.59 Å². The summed E-state index contributed by atoms with van der Waals surface area (Å²) < 4.78 is 28.7. The van der Waals surface area contributed by atoms with Crippen LogP contribution in [0.25, 0.3) is 11.3 Å². The molecule has 0 spiro atoms. The van der Waals surface area contributed by atoms with Crippen molar-refractivity contribution < 1.29 is 13.2 Å². The van der Waals surface area contributed by atoms with Gasteiger partial charge in [0.2, 0.25) is 15.9 Å². The Kier molecular flexibility index (Phi) is 7.45.